The quantitative estimate of drug-likeness (QED) is 0.601. The van der Waals surface area contributed by atoms with Crippen LogP contribution in [0.25, 0.3) is 11.1 Å². The summed E-state index contributed by atoms with van der Waals surface area (Å²) in [6.45, 7) is 2.81. The highest BCUT2D eigenvalue weighted by Crippen LogP contribution is 2.31. The fourth-order valence-corrected chi connectivity index (χ4v) is 3.23. The zero-order valence-electron chi connectivity index (χ0n) is 16.9. The molecule has 5 nitrogen and oxygen atoms in total. The molecular formula is C24H26N2O3. The number of ether oxygens (including phenoxy) is 2. The number of amides is 1. The van der Waals surface area contributed by atoms with E-state index in [1.54, 1.807) is 26.4 Å². The van der Waals surface area contributed by atoms with Crippen LogP contribution in [0, 0.1) is 0 Å². The highest BCUT2D eigenvalue weighted by atomic mass is 16.5. The van der Waals surface area contributed by atoms with Crippen molar-refractivity contribution in [2.24, 2.45) is 5.73 Å². The monoisotopic (exact) mass is 390 g/mol. The Hall–Kier alpha value is -3.31. The highest BCUT2D eigenvalue weighted by molar-refractivity contribution is 5.94. The highest BCUT2D eigenvalue weighted by Gasteiger charge is 2.11. The van der Waals surface area contributed by atoms with Crippen molar-refractivity contribution >= 4 is 5.91 Å². The fourth-order valence-electron chi connectivity index (χ4n) is 3.23. The van der Waals surface area contributed by atoms with Crippen LogP contribution in [0.4, 0.5) is 0 Å². The van der Waals surface area contributed by atoms with Gasteiger partial charge in [0.1, 0.15) is 11.5 Å². The van der Waals surface area contributed by atoms with Gasteiger partial charge in [-0.1, -0.05) is 30.3 Å². The Bertz CT molecular complexity index is 1000. The summed E-state index contributed by atoms with van der Waals surface area (Å²) in [5.41, 5.74) is 9.98. The van der Waals surface area contributed by atoms with E-state index in [0.29, 0.717) is 12.1 Å². The summed E-state index contributed by atoms with van der Waals surface area (Å²) in [6.07, 6.45) is 0. The zero-order valence-corrected chi connectivity index (χ0v) is 16.9. The van der Waals surface area contributed by atoms with E-state index in [1.807, 2.05) is 42.5 Å². The maximum atomic E-state index is 11.5. The van der Waals surface area contributed by atoms with Crippen molar-refractivity contribution in [2.75, 3.05) is 14.2 Å². The average Bonchev–Trinajstić information content (AvgIpc) is 2.77. The molecule has 0 aliphatic rings. The Labute approximate surface area is 171 Å². The van der Waals surface area contributed by atoms with Gasteiger partial charge in [-0.25, -0.2) is 0 Å². The van der Waals surface area contributed by atoms with Crippen molar-refractivity contribution in [3.63, 3.8) is 0 Å². The first-order chi connectivity index (χ1) is 14.0. The second-order valence-electron chi connectivity index (χ2n) is 6.86. The Balaban J connectivity index is 1.81. The van der Waals surface area contributed by atoms with Crippen LogP contribution in [0.5, 0.6) is 11.5 Å². The number of nitrogens with two attached hydrogens (primary N) is 1. The lowest BCUT2D eigenvalue weighted by molar-refractivity contribution is 0.100. The molecule has 0 bridgehead atoms. The molecule has 3 rings (SSSR count). The Kier molecular flexibility index (Phi) is 6.52. The van der Waals surface area contributed by atoms with Crippen LogP contribution in [0.1, 0.15) is 34.5 Å². The molecule has 0 aliphatic carbocycles. The molecular weight excluding hydrogens is 364 g/mol. The van der Waals surface area contributed by atoms with Crippen molar-refractivity contribution in [2.45, 2.75) is 19.5 Å². The van der Waals surface area contributed by atoms with Gasteiger partial charge in [0.15, 0.2) is 0 Å². The third-order valence-electron chi connectivity index (χ3n) is 4.93. The second-order valence-corrected chi connectivity index (χ2v) is 6.86. The normalized spacial score (nSPS) is 11.7. The Morgan fingerprint density at radius 3 is 2.52 bits per heavy atom. The molecule has 5 heteroatoms. The number of rotatable bonds is 8. The minimum absolute atomic E-state index is 0.161. The summed E-state index contributed by atoms with van der Waals surface area (Å²) in [5.74, 6) is 1.14. The predicted molar refractivity (Wildman–Crippen MR) is 115 cm³/mol. The standard InChI is InChI=1S/C24H26N2O3/c1-16(18-6-5-9-21(14-18)28-2)26-15-17-10-11-23(29-3)22(12-17)19-7-4-8-20(13-19)24(25)27/h4-14,16,26H,15H2,1-3H3,(H2,25,27)/t16-/m1/s1. The zero-order chi connectivity index (χ0) is 20.8. The lowest BCUT2D eigenvalue weighted by Gasteiger charge is -2.17. The maximum absolute atomic E-state index is 11.5. The first-order valence-electron chi connectivity index (χ1n) is 9.46. The van der Waals surface area contributed by atoms with E-state index in [1.165, 1.54) is 0 Å². The molecule has 3 aromatic rings. The fraction of sp³-hybridized carbons (Fsp3) is 0.208. The second kappa shape index (κ2) is 9.26. The number of benzene rings is 3. The average molecular weight is 390 g/mol. The summed E-state index contributed by atoms with van der Waals surface area (Å²) in [4.78, 5) is 11.5. The van der Waals surface area contributed by atoms with Crippen LogP contribution in [0.2, 0.25) is 0 Å². The van der Waals surface area contributed by atoms with Gasteiger partial charge < -0.3 is 20.5 Å². The largest absolute Gasteiger partial charge is 0.497 e. The van der Waals surface area contributed by atoms with Crippen molar-refractivity contribution in [1.82, 2.24) is 5.32 Å². The first kappa shape index (κ1) is 20.4. The van der Waals surface area contributed by atoms with Gasteiger partial charge in [0.25, 0.3) is 0 Å². The number of methoxy groups -OCH3 is 2. The summed E-state index contributed by atoms with van der Waals surface area (Å²) in [5, 5.41) is 3.54. The van der Waals surface area contributed by atoms with E-state index in [2.05, 4.69) is 24.4 Å². The predicted octanol–water partition coefficient (Wildman–Crippen LogP) is 4.32. The molecule has 3 N–H and O–H groups in total. The molecule has 0 heterocycles. The molecule has 0 spiro atoms. The van der Waals surface area contributed by atoms with Crippen molar-refractivity contribution in [1.29, 1.82) is 0 Å². The van der Waals surface area contributed by atoms with Crippen molar-refractivity contribution < 1.29 is 14.3 Å². The minimum atomic E-state index is -0.448. The summed E-state index contributed by atoms with van der Waals surface area (Å²) in [6, 6.07) is 21.5. The van der Waals surface area contributed by atoms with Gasteiger partial charge in [0.2, 0.25) is 5.91 Å². The number of nitrogens with one attached hydrogen (secondary N) is 1. The van der Waals surface area contributed by atoms with Gasteiger partial charge in [0, 0.05) is 23.7 Å². The van der Waals surface area contributed by atoms with Crippen molar-refractivity contribution in [3.05, 3.63) is 83.4 Å². The van der Waals surface area contributed by atoms with E-state index in [0.717, 1.165) is 33.8 Å². The molecule has 0 saturated heterocycles. The van der Waals surface area contributed by atoms with Gasteiger partial charge in [0.05, 0.1) is 14.2 Å². The number of hydrogen-bond acceptors (Lipinski definition) is 4. The van der Waals surface area contributed by atoms with Crippen LogP contribution in [-0.2, 0) is 6.54 Å². The lowest BCUT2D eigenvalue weighted by atomic mass is 9.99. The van der Waals surface area contributed by atoms with Crippen molar-refractivity contribution in [3.8, 4) is 22.6 Å². The van der Waals surface area contributed by atoms with Gasteiger partial charge in [-0.3, -0.25) is 4.79 Å². The Morgan fingerprint density at radius 1 is 1.00 bits per heavy atom. The van der Waals surface area contributed by atoms with E-state index in [-0.39, 0.29) is 6.04 Å². The summed E-state index contributed by atoms with van der Waals surface area (Å²) < 4.78 is 10.8. The molecule has 0 unspecified atom stereocenters. The number of hydrogen-bond donors (Lipinski definition) is 2. The van der Waals surface area contributed by atoms with Gasteiger partial charge >= 0.3 is 0 Å². The molecule has 0 aromatic heterocycles. The van der Waals surface area contributed by atoms with Crippen LogP contribution in [-0.4, -0.2) is 20.1 Å². The van der Waals surface area contributed by atoms with Crippen LogP contribution in [0.15, 0.2) is 66.7 Å². The third-order valence-corrected chi connectivity index (χ3v) is 4.93. The summed E-state index contributed by atoms with van der Waals surface area (Å²) >= 11 is 0. The van der Waals surface area contributed by atoms with E-state index in [9.17, 15) is 4.79 Å². The number of carbonyl (C=O) groups excluding carboxylic acids is 1. The molecule has 1 atom stereocenters. The molecule has 0 aliphatic heterocycles. The van der Waals surface area contributed by atoms with Gasteiger partial charge in [-0.05, 0) is 60.0 Å². The third kappa shape index (κ3) is 4.95. The molecule has 3 aromatic carbocycles. The maximum Gasteiger partial charge on any atom is 0.248 e. The van der Waals surface area contributed by atoms with E-state index >= 15 is 0 Å². The molecule has 150 valence electrons. The first-order valence-corrected chi connectivity index (χ1v) is 9.46. The smallest absolute Gasteiger partial charge is 0.248 e. The summed E-state index contributed by atoms with van der Waals surface area (Å²) in [7, 11) is 3.31. The minimum Gasteiger partial charge on any atom is -0.497 e. The van der Waals surface area contributed by atoms with E-state index < -0.39 is 5.91 Å². The molecule has 0 fully saturated rings. The van der Waals surface area contributed by atoms with Gasteiger partial charge in [-0.15, -0.1) is 0 Å². The lowest BCUT2D eigenvalue weighted by Crippen LogP contribution is -2.18. The van der Waals surface area contributed by atoms with Crippen LogP contribution in [0.3, 0.4) is 0 Å². The number of primary amides is 1. The van der Waals surface area contributed by atoms with Crippen LogP contribution >= 0.6 is 0 Å². The van der Waals surface area contributed by atoms with Gasteiger partial charge in [-0.2, -0.15) is 0 Å². The molecule has 29 heavy (non-hydrogen) atoms. The molecule has 0 radical (unpaired) electrons. The topological polar surface area (TPSA) is 73.6 Å². The van der Waals surface area contributed by atoms with Crippen LogP contribution < -0.4 is 20.5 Å². The number of carbonyl (C=O) groups is 1. The SMILES string of the molecule is COc1cccc([C@@H](C)NCc2ccc(OC)c(-c3cccc(C(N)=O)c3)c2)c1. The van der Waals surface area contributed by atoms with E-state index in [4.69, 9.17) is 15.2 Å². The molecule has 0 saturated carbocycles. The Morgan fingerprint density at radius 2 is 1.79 bits per heavy atom. The molecule has 1 amide bonds.